The van der Waals surface area contributed by atoms with Gasteiger partial charge in [-0.1, -0.05) is 24.2 Å². The molecule has 0 unspecified atom stereocenters. The molecule has 0 aromatic heterocycles. The number of amides is 2. The molecule has 0 fully saturated rings. The van der Waals surface area contributed by atoms with Gasteiger partial charge in [0.1, 0.15) is 0 Å². The maximum absolute atomic E-state index is 12.2. The molecule has 1 N–H and O–H groups in total. The van der Waals surface area contributed by atoms with E-state index in [9.17, 15) is 9.59 Å². The molecule has 0 spiro atoms. The summed E-state index contributed by atoms with van der Waals surface area (Å²) >= 11 is 6.08. The Morgan fingerprint density at radius 1 is 1.53 bits per heavy atom. The van der Waals surface area contributed by atoms with Crippen molar-refractivity contribution >= 4 is 23.4 Å². The van der Waals surface area contributed by atoms with E-state index in [1.807, 2.05) is 0 Å². The van der Waals surface area contributed by atoms with Gasteiger partial charge in [-0.2, -0.15) is 0 Å². The first-order valence-corrected chi connectivity index (χ1v) is 6.48. The second kappa shape index (κ2) is 5.89. The molecule has 2 amide bonds. The first-order chi connectivity index (χ1) is 9.13. The number of carbonyl (C=O) groups excluding carboxylic acids is 2. The van der Waals surface area contributed by atoms with Gasteiger partial charge < -0.3 is 10.2 Å². The summed E-state index contributed by atoms with van der Waals surface area (Å²) in [4.78, 5) is 25.0. The molecule has 1 heterocycles. The van der Waals surface area contributed by atoms with Gasteiger partial charge in [0.05, 0.1) is 0 Å². The molecule has 2 rings (SSSR count). The lowest BCUT2D eigenvalue weighted by Gasteiger charge is -2.29. The molecule has 0 saturated heterocycles. The number of nitrogens with zero attached hydrogens (tertiary/aromatic N) is 1. The van der Waals surface area contributed by atoms with Crippen LogP contribution in [-0.2, 0) is 11.2 Å². The molecule has 1 aliphatic rings. The van der Waals surface area contributed by atoms with Crippen LogP contribution >= 0.6 is 11.6 Å². The summed E-state index contributed by atoms with van der Waals surface area (Å²) in [5.74, 6) is -0.260. The summed E-state index contributed by atoms with van der Waals surface area (Å²) < 4.78 is 0. The van der Waals surface area contributed by atoms with Crippen molar-refractivity contribution in [3.63, 3.8) is 0 Å². The number of hydrogen-bond donors (Lipinski definition) is 1. The Morgan fingerprint density at radius 2 is 2.32 bits per heavy atom. The lowest BCUT2D eigenvalue weighted by atomic mass is 9.99. The van der Waals surface area contributed by atoms with Crippen LogP contribution < -0.4 is 5.32 Å². The molecular formula is C14H15ClN2O2. The van der Waals surface area contributed by atoms with Crippen LogP contribution in [0.25, 0.3) is 0 Å². The minimum atomic E-state index is -0.229. The van der Waals surface area contributed by atoms with E-state index < -0.39 is 0 Å². The summed E-state index contributed by atoms with van der Waals surface area (Å²) in [6.07, 6.45) is 1.96. The Kier molecular flexibility index (Phi) is 4.22. The molecule has 1 aliphatic heterocycles. The maximum Gasteiger partial charge on any atom is 0.254 e. The fraction of sp³-hybridized carbons (Fsp3) is 0.286. The van der Waals surface area contributed by atoms with Crippen LogP contribution in [0.1, 0.15) is 15.9 Å². The van der Waals surface area contributed by atoms with Gasteiger partial charge in [0.15, 0.2) is 0 Å². The summed E-state index contributed by atoms with van der Waals surface area (Å²) in [6, 6.07) is 5.37. The molecule has 5 heteroatoms. The van der Waals surface area contributed by atoms with E-state index in [1.165, 1.54) is 6.08 Å². The van der Waals surface area contributed by atoms with Gasteiger partial charge in [-0.25, -0.2) is 0 Å². The van der Waals surface area contributed by atoms with E-state index in [4.69, 9.17) is 11.6 Å². The van der Waals surface area contributed by atoms with Gasteiger partial charge in [0, 0.05) is 30.2 Å². The van der Waals surface area contributed by atoms with Crippen molar-refractivity contribution in [2.45, 2.75) is 6.42 Å². The van der Waals surface area contributed by atoms with E-state index in [-0.39, 0.29) is 11.8 Å². The van der Waals surface area contributed by atoms with Crippen molar-refractivity contribution in [1.29, 1.82) is 0 Å². The summed E-state index contributed by atoms with van der Waals surface area (Å²) in [6.45, 7) is 4.91. The molecule has 0 atom stereocenters. The molecule has 1 aromatic carbocycles. The normalized spacial score (nSPS) is 13.9. The predicted octanol–water partition coefficient (Wildman–Crippen LogP) is 1.64. The third kappa shape index (κ3) is 2.96. The zero-order valence-corrected chi connectivity index (χ0v) is 11.2. The van der Waals surface area contributed by atoms with E-state index in [0.717, 1.165) is 12.0 Å². The van der Waals surface area contributed by atoms with Crippen LogP contribution in [-0.4, -0.2) is 36.3 Å². The first-order valence-electron chi connectivity index (χ1n) is 6.10. The highest BCUT2D eigenvalue weighted by atomic mass is 35.5. The fourth-order valence-corrected chi connectivity index (χ4v) is 2.40. The van der Waals surface area contributed by atoms with Gasteiger partial charge in [-0.05, 0) is 30.2 Å². The van der Waals surface area contributed by atoms with E-state index >= 15 is 0 Å². The molecule has 100 valence electrons. The first kappa shape index (κ1) is 13.6. The predicted molar refractivity (Wildman–Crippen MR) is 74.3 cm³/mol. The topological polar surface area (TPSA) is 49.4 Å². The Morgan fingerprint density at radius 3 is 3.05 bits per heavy atom. The van der Waals surface area contributed by atoms with Crippen molar-refractivity contribution < 1.29 is 9.59 Å². The van der Waals surface area contributed by atoms with Crippen molar-refractivity contribution in [3.05, 3.63) is 47.0 Å². The number of halogens is 1. The number of benzene rings is 1. The third-order valence-electron chi connectivity index (χ3n) is 3.13. The van der Waals surface area contributed by atoms with Crippen LogP contribution in [0.3, 0.4) is 0 Å². The van der Waals surface area contributed by atoms with Crippen LogP contribution in [0.5, 0.6) is 0 Å². The number of rotatable bonds is 4. The van der Waals surface area contributed by atoms with Gasteiger partial charge in [0.25, 0.3) is 5.91 Å². The highest BCUT2D eigenvalue weighted by Gasteiger charge is 2.25. The van der Waals surface area contributed by atoms with Crippen molar-refractivity contribution in [2.24, 2.45) is 0 Å². The SMILES string of the molecule is C=CC(=O)NCCN1CCc2c(Cl)cccc2C1=O. The zero-order chi connectivity index (χ0) is 13.8. The molecule has 19 heavy (non-hydrogen) atoms. The smallest absolute Gasteiger partial charge is 0.254 e. The van der Waals surface area contributed by atoms with Crippen molar-refractivity contribution in [3.8, 4) is 0 Å². The monoisotopic (exact) mass is 278 g/mol. The molecular weight excluding hydrogens is 264 g/mol. The van der Waals surface area contributed by atoms with Gasteiger partial charge in [-0.3, -0.25) is 9.59 Å². The number of hydrogen-bond acceptors (Lipinski definition) is 2. The highest BCUT2D eigenvalue weighted by Crippen LogP contribution is 2.25. The molecule has 0 aliphatic carbocycles. The standard InChI is InChI=1S/C14H15ClN2O2/c1-2-13(18)16-7-9-17-8-6-10-11(14(17)19)4-3-5-12(10)15/h2-5H,1,6-9H2,(H,16,18). The molecule has 1 aromatic rings. The zero-order valence-electron chi connectivity index (χ0n) is 10.5. The van der Waals surface area contributed by atoms with Crippen LogP contribution in [0.2, 0.25) is 5.02 Å². The Bertz CT molecular complexity index is 528. The minimum Gasteiger partial charge on any atom is -0.351 e. The third-order valence-corrected chi connectivity index (χ3v) is 3.49. The Balaban J connectivity index is 2.01. The summed E-state index contributed by atoms with van der Waals surface area (Å²) in [5, 5.41) is 3.30. The number of nitrogens with one attached hydrogen (secondary N) is 1. The quantitative estimate of drug-likeness (QED) is 0.851. The van der Waals surface area contributed by atoms with Crippen molar-refractivity contribution in [2.75, 3.05) is 19.6 Å². The largest absolute Gasteiger partial charge is 0.351 e. The summed E-state index contributed by atoms with van der Waals surface area (Å²) in [7, 11) is 0. The lowest BCUT2D eigenvalue weighted by Crippen LogP contribution is -2.42. The van der Waals surface area contributed by atoms with Crippen LogP contribution in [0.15, 0.2) is 30.9 Å². The van der Waals surface area contributed by atoms with Gasteiger partial charge in [-0.15, -0.1) is 0 Å². The van der Waals surface area contributed by atoms with Crippen molar-refractivity contribution in [1.82, 2.24) is 10.2 Å². The average Bonchev–Trinajstić information content (AvgIpc) is 2.42. The minimum absolute atomic E-state index is 0.0309. The average molecular weight is 279 g/mol. The fourth-order valence-electron chi connectivity index (χ4n) is 2.13. The second-order valence-electron chi connectivity index (χ2n) is 4.30. The number of fused-ring (bicyclic) bond motifs is 1. The lowest BCUT2D eigenvalue weighted by molar-refractivity contribution is -0.116. The Hall–Kier alpha value is -1.81. The van der Waals surface area contributed by atoms with E-state index in [2.05, 4.69) is 11.9 Å². The Labute approximate surface area is 117 Å². The highest BCUT2D eigenvalue weighted by molar-refractivity contribution is 6.32. The molecule has 0 bridgehead atoms. The van der Waals surface area contributed by atoms with Crippen LogP contribution in [0.4, 0.5) is 0 Å². The molecule has 0 radical (unpaired) electrons. The summed E-state index contributed by atoms with van der Waals surface area (Å²) in [5.41, 5.74) is 1.58. The van der Waals surface area contributed by atoms with Gasteiger partial charge in [0.2, 0.25) is 5.91 Å². The van der Waals surface area contributed by atoms with Gasteiger partial charge >= 0.3 is 0 Å². The molecule has 4 nitrogen and oxygen atoms in total. The molecule has 0 saturated carbocycles. The number of carbonyl (C=O) groups is 2. The van der Waals surface area contributed by atoms with Crippen LogP contribution in [0, 0.1) is 0 Å². The van der Waals surface area contributed by atoms with E-state index in [1.54, 1.807) is 23.1 Å². The van der Waals surface area contributed by atoms with E-state index in [0.29, 0.717) is 30.2 Å². The second-order valence-corrected chi connectivity index (χ2v) is 4.71. The maximum atomic E-state index is 12.2.